The van der Waals surface area contributed by atoms with Crippen molar-refractivity contribution in [3.8, 4) is 0 Å². The lowest BCUT2D eigenvalue weighted by molar-refractivity contribution is 0.0923. The highest BCUT2D eigenvalue weighted by Gasteiger charge is 2.21. The molecule has 4 heterocycles. The first-order chi connectivity index (χ1) is 12.3. The van der Waals surface area contributed by atoms with Gasteiger partial charge in [-0.2, -0.15) is 0 Å². The molecule has 3 aromatic rings. The Labute approximate surface area is 144 Å². The molecule has 1 N–H and O–H groups in total. The predicted octanol–water partition coefficient (Wildman–Crippen LogP) is 1.96. The van der Waals surface area contributed by atoms with E-state index < -0.39 is 0 Å². The molecule has 126 valence electrons. The number of rotatable bonds is 4. The summed E-state index contributed by atoms with van der Waals surface area (Å²) in [6.07, 6.45) is 9.54. The number of anilines is 1. The minimum atomic E-state index is -0.224. The summed E-state index contributed by atoms with van der Waals surface area (Å²) in [5, 5.41) is 2.88. The summed E-state index contributed by atoms with van der Waals surface area (Å²) in [6.45, 7) is 1.98. The van der Waals surface area contributed by atoms with Gasteiger partial charge >= 0.3 is 0 Å². The van der Waals surface area contributed by atoms with Crippen molar-refractivity contribution in [1.29, 1.82) is 0 Å². The zero-order chi connectivity index (χ0) is 17.1. The van der Waals surface area contributed by atoms with Gasteiger partial charge in [-0.15, -0.1) is 0 Å². The van der Waals surface area contributed by atoms with Crippen LogP contribution in [0.5, 0.6) is 0 Å². The maximum atomic E-state index is 12.0. The molecule has 0 saturated heterocycles. The van der Waals surface area contributed by atoms with E-state index in [1.807, 2.05) is 18.5 Å². The van der Waals surface area contributed by atoms with Gasteiger partial charge in [0, 0.05) is 44.4 Å². The largest absolute Gasteiger partial charge is 0.459 e. The van der Waals surface area contributed by atoms with Crippen molar-refractivity contribution in [2.75, 3.05) is 11.4 Å². The maximum Gasteiger partial charge on any atom is 0.287 e. The first kappa shape index (κ1) is 15.3. The van der Waals surface area contributed by atoms with E-state index >= 15 is 0 Å². The second kappa shape index (κ2) is 6.72. The molecule has 25 heavy (non-hydrogen) atoms. The van der Waals surface area contributed by atoms with Gasteiger partial charge in [0.15, 0.2) is 5.76 Å². The zero-order valence-corrected chi connectivity index (χ0v) is 13.6. The molecular weight excluding hydrogens is 318 g/mol. The number of pyridine rings is 1. The van der Waals surface area contributed by atoms with Crippen molar-refractivity contribution >= 4 is 11.9 Å². The minimum absolute atomic E-state index is 0.224. The number of nitrogens with zero attached hydrogens (tertiary/aromatic N) is 4. The number of nitrogens with one attached hydrogen (secondary N) is 1. The van der Waals surface area contributed by atoms with Gasteiger partial charge in [-0.05, 0) is 41.3 Å². The van der Waals surface area contributed by atoms with Crippen LogP contribution in [0.15, 0.2) is 53.7 Å². The first-order valence-electron chi connectivity index (χ1n) is 8.09. The van der Waals surface area contributed by atoms with Gasteiger partial charge in [0.25, 0.3) is 5.91 Å². The van der Waals surface area contributed by atoms with Crippen LogP contribution in [-0.4, -0.2) is 27.4 Å². The van der Waals surface area contributed by atoms with Crippen molar-refractivity contribution in [2.24, 2.45) is 0 Å². The van der Waals surface area contributed by atoms with E-state index in [1.54, 1.807) is 24.5 Å². The minimum Gasteiger partial charge on any atom is -0.459 e. The highest BCUT2D eigenvalue weighted by Crippen LogP contribution is 2.23. The number of carbonyl (C=O) groups is 1. The summed E-state index contributed by atoms with van der Waals surface area (Å²) < 4.78 is 5.11. The number of hydrogen-bond acceptors (Lipinski definition) is 6. The Morgan fingerprint density at radius 2 is 2.12 bits per heavy atom. The zero-order valence-electron chi connectivity index (χ0n) is 13.6. The number of amides is 1. The molecule has 0 aromatic carbocycles. The lowest BCUT2D eigenvalue weighted by Crippen LogP contribution is -2.33. The van der Waals surface area contributed by atoms with Gasteiger partial charge in [0.2, 0.25) is 5.95 Å². The molecule has 3 aromatic heterocycles. The SMILES string of the molecule is O=C(NCc1cncc2c1CCN(c1ncccn1)C2)c1ccco1. The lowest BCUT2D eigenvalue weighted by Gasteiger charge is -2.29. The smallest absolute Gasteiger partial charge is 0.287 e. The van der Waals surface area contributed by atoms with Crippen LogP contribution in [0.2, 0.25) is 0 Å². The third kappa shape index (κ3) is 3.21. The quantitative estimate of drug-likeness (QED) is 0.784. The molecule has 0 unspecified atom stereocenters. The first-order valence-corrected chi connectivity index (χ1v) is 8.09. The van der Waals surface area contributed by atoms with Crippen LogP contribution in [0.4, 0.5) is 5.95 Å². The Morgan fingerprint density at radius 1 is 1.24 bits per heavy atom. The van der Waals surface area contributed by atoms with E-state index in [4.69, 9.17) is 4.42 Å². The number of carbonyl (C=O) groups excluding carboxylic acids is 1. The molecule has 0 aliphatic carbocycles. The Balaban J connectivity index is 1.48. The van der Waals surface area contributed by atoms with Gasteiger partial charge in [-0.25, -0.2) is 9.97 Å². The molecule has 7 heteroatoms. The molecule has 1 amide bonds. The molecule has 1 aliphatic heterocycles. The van der Waals surface area contributed by atoms with Crippen LogP contribution in [0, 0.1) is 0 Å². The van der Waals surface area contributed by atoms with E-state index in [0.717, 1.165) is 30.0 Å². The highest BCUT2D eigenvalue weighted by molar-refractivity contribution is 5.91. The van der Waals surface area contributed by atoms with E-state index in [2.05, 4.69) is 25.2 Å². The average Bonchev–Trinajstić information content (AvgIpc) is 3.21. The second-order valence-electron chi connectivity index (χ2n) is 5.82. The van der Waals surface area contributed by atoms with E-state index in [0.29, 0.717) is 18.8 Å². The van der Waals surface area contributed by atoms with Crippen LogP contribution in [0.25, 0.3) is 0 Å². The molecule has 0 saturated carbocycles. The number of furan rings is 1. The summed E-state index contributed by atoms with van der Waals surface area (Å²) >= 11 is 0. The molecule has 7 nitrogen and oxygen atoms in total. The molecular formula is C18H17N5O2. The van der Waals surface area contributed by atoms with E-state index in [-0.39, 0.29) is 5.91 Å². The summed E-state index contributed by atoms with van der Waals surface area (Å²) in [5.74, 6) is 0.813. The van der Waals surface area contributed by atoms with Crippen molar-refractivity contribution < 1.29 is 9.21 Å². The topological polar surface area (TPSA) is 84.2 Å². The Kier molecular flexibility index (Phi) is 4.12. The number of hydrogen-bond donors (Lipinski definition) is 1. The fourth-order valence-electron chi connectivity index (χ4n) is 3.02. The van der Waals surface area contributed by atoms with Crippen molar-refractivity contribution in [3.05, 3.63) is 71.7 Å². The van der Waals surface area contributed by atoms with E-state index in [9.17, 15) is 4.79 Å². The summed E-state index contributed by atoms with van der Waals surface area (Å²) in [4.78, 5) is 27.1. The summed E-state index contributed by atoms with van der Waals surface area (Å²) in [6, 6.07) is 5.15. The highest BCUT2D eigenvalue weighted by atomic mass is 16.3. The second-order valence-corrected chi connectivity index (χ2v) is 5.82. The van der Waals surface area contributed by atoms with Gasteiger partial charge in [0.1, 0.15) is 0 Å². The monoisotopic (exact) mass is 335 g/mol. The maximum absolute atomic E-state index is 12.0. The molecule has 0 spiro atoms. The third-order valence-electron chi connectivity index (χ3n) is 4.25. The van der Waals surface area contributed by atoms with Crippen molar-refractivity contribution in [3.63, 3.8) is 0 Å². The van der Waals surface area contributed by atoms with Crippen LogP contribution in [-0.2, 0) is 19.5 Å². The number of aromatic nitrogens is 3. The van der Waals surface area contributed by atoms with Gasteiger partial charge in [-0.1, -0.05) is 0 Å². The van der Waals surface area contributed by atoms with E-state index in [1.165, 1.54) is 11.8 Å². The standard InChI is InChI=1S/C18H17N5O2/c24-17(16-3-1-8-25-16)22-11-13-9-19-10-14-12-23(7-4-15(13)14)18-20-5-2-6-21-18/h1-3,5-6,8-10H,4,7,11-12H2,(H,22,24). The van der Waals surface area contributed by atoms with Gasteiger partial charge < -0.3 is 14.6 Å². The average molecular weight is 335 g/mol. The van der Waals surface area contributed by atoms with Crippen LogP contribution in [0.3, 0.4) is 0 Å². The molecule has 0 radical (unpaired) electrons. The molecule has 0 fully saturated rings. The Morgan fingerprint density at radius 3 is 2.92 bits per heavy atom. The van der Waals surface area contributed by atoms with Crippen LogP contribution < -0.4 is 10.2 Å². The normalized spacial score (nSPS) is 13.4. The van der Waals surface area contributed by atoms with Gasteiger partial charge in [0.05, 0.1) is 6.26 Å². The fraction of sp³-hybridized carbons (Fsp3) is 0.222. The summed E-state index contributed by atoms with van der Waals surface area (Å²) in [5.41, 5.74) is 3.41. The Bertz CT molecular complexity index is 864. The van der Waals surface area contributed by atoms with Gasteiger partial charge in [-0.3, -0.25) is 9.78 Å². The third-order valence-corrected chi connectivity index (χ3v) is 4.25. The predicted molar refractivity (Wildman–Crippen MR) is 90.9 cm³/mol. The fourth-order valence-corrected chi connectivity index (χ4v) is 3.02. The van der Waals surface area contributed by atoms with Crippen LogP contribution in [0.1, 0.15) is 27.2 Å². The number of fused-ring (bicyclic) bond motifs is 1. The molecule has 1 aliphatic rings. The Hall–Kier alpha value is -3.22. The summed E-state index contributed by atoms with van der Waals surface area (Å²) in [7, 11) is 0. The molecule has 0 atom stereocenters. The van der Waals surface area contributed by atoms with Crippen LogP contribution >= 0.6 is 0 Å². The molecule has 4 rings (SSSR count). The lowest BCUT2D eigenvalue weighted by atomic mass is 9.97. The molecule has 0 bridgehead atoms. The van der Waals surface area contributed by atoms with Crippen molar-refractivity contribution in [2.45, 2.75) is 19.5 Å². The van der Waals surface area contributed by atoms with Crippen molar-refractivity contribution in [1.82, 2.24) is 20.3 Å².